The van der Waals surface area contributed by atoms with Crippen LogP contribution in [0.25, 0.3) is 0 Å². The minimum absolute atomic E-state index is 0.0490. The molecule has 1 saturated heterocycles. The van der Waals surface area contributed by atoms with Crippen LogP contribution in [0.1, 0.15) is 116 Å². The number of rotatable bonds is 20. The molecular formula is C27H49N5OS. The van der Waals surface area contributed by atoms with Crippen LogP contribution in [0.3, 0.4) is 0 Å². The van der Waals surface area contributed by atoms with Crippen molar-refractivity contribution in [2.75, 3.05) is 30.8 Å². The van der Waals surface area contributed by atoms with Gasteiger partial charge in [0.2, 0.25) is 16.2 Å². The van der Waals surface area contributed by atoms with Gasteiger partial charge in [-0.2, -0.15) is 0 Å². The second kappa shape index (κ2) is 18.8. The highest BCUT2D eigenvalue weighted by Crippen LogP contribution is 2.22. The fraction of sp³-hybridized carbons (Fsp3) is 0.815. The number of hydrogen-bond donors (Lipinski definition) is 2. The number of aromatic nitrogens is 2. The lowest BCUT2D eigenvalue weighted by atomic mass is 10.1. The third kappa shape index (κ3) is 13.4. The minimum Gasteiger partial charge on any atom is -0.360 e. The number of allylic oxidation sites excluding steroid dienone is 2. The van der Waals surface area contributed by atoms with Crippen LogP contribution in [0.2, 0.25) is 0 Å². The molecule has 0 bridgehead atoms. The number of likely N-dealkylation sites (tertiary alicyclic amines) is 1. The van der Waals surface area contributed by atoms with Gasteiger partial charge in [-0.3, -0.25) is 4.79 Å². The Morgan fingerprint density at radius 3 is 2.29 bits per heavy atom. The van der Waals surface area contributed by atoms with E-state index < -0.39 is 0 Å². The number of hydrogen-bond acceptors (Lipinski definition) is 6. The van der Waals surface area contributed by atoms with Crippen LogP contribution in [-0.4, -0.2) is 47.2 Å². The van der Waals surface area contributed by atoms with Crippen LogP contribution in [0.5, 0.6) is 0 Å². The van der Waals surface area contributed by atoms with Gasteiger partial charge in [0.05, 0.1) is 0 Å². The summed E-state index contributed by atoms with van der Waals surface area (Å²) in [6, 6.07) is 0.672. The zero-order valence-electron chi connectivity index (χ0n) is 21.8. The normalized spacial score (nSPS) is 16.5. The van der Waals surface area contributed by atoms with Gasteiger partial charge in [-0.15, -0.1) is 10.2 Å². The Morgan fingerprint density at radius 1 is 0.971 bits per heavy atom. The lowest BCUT2D eigenvalue weighted by Crippen LogP contribution is -2.26. The molecular weight excluding hydrogens is 442 g/mol. The van der Waals surface area contributed by atoms with Crippen molar-refractivity contribution in [1.29, 1.82) is 0 Å². The van der Waals surface area contributed by atoms with Crippen LogP contribution < -0.4 is 10.6 Å². The fourth-order valence-corrected chi connectivity index (χ4v) is 5.26. The Hall–Kier alpha value is -1.47. The summed E-state index contributed by atoms with van der Waals surface area (Å²) in [6.45, 7) is 4.37. The number of carbonyl (C=O) groups is 1. The zero-order chi connectivity index (χ0) is 24.3. The minimum atomic E-state index is 0.0490. The van der Waals surface area contributed by atoms with Crippen LogP contribution in [0.15, 0.2) is 12.2 Å². The summed E-state index contributed by atoms with van der Waals surface area (Å²) in [5.74, 6) is 0.0490. The van der Waals surface area contributed by atoms with Crippen molar-refractivity contribution in [3.63, 3.8) is 0 Å². The van der Waals surface area contributed by atoms with E-state index in [1.54, 1.807) is 0 Å². The number of nitrogens with zero attached hydrogens (tertiary/aromatic N) is 3. The molecule has 1 aromatic rings. The van der Waals surface area contributed by atoms with Gasteiger partial charge in [-0.25, -0.2) is 0 Å². The second-order valence-electron chi connectivity index (χ2n) is 9.79. The molecule has 7 heteroatoms. The maximum absolute atomic E-state index is 12.2. The first-order valence-corrected chi connectivity index (χ1v) is 14.7. The molecule has 34 heavy (non-hydrogen) atoms. The van der Waals surface area contributed by atoms with Gasteiger partial charge in [-0.05, 0) is 65.0 Å². The molecule has 2 N–H and O–H groups in total. The average Bonchev–Trinajstić information content (AvgIpc) is 3.45. The molecule has 2 rings (SSSR count). The molecule has 1 aromatic heterocycles. The van der Waals surface area contributed by atoms with E-state index in [1.165, 1.54) is 101 Å². The van der Waals surface area contributed by atoms with Crippen molar-refractivity contribution in [2.24, 2.45) is 0 Å². The third-order valence-corrected chi connectivity index (χ3v) is 7.56. The van der Waals surface area contributed by atoms with E-state index in [9.17, 15) is 4.79 Å². The van der Waals surface area contributed by atoms with E-state index in [-0.39, 0.29) is 5.91 Å². The molecule has 0 radical (unpaired) electrons. The topological polar surface area (TPSA) is 70.1 Å². The van der Waals surface area contributed by atoms with E-state index in [4.69, 9.17) is 0 Å². The highest BCUT2D eigenvalue weighted by molar-refractivity contribution is 7.19. The Kier molecular flexibility index (Phi) is 15.9. The maximum atomic E-state index is 12.2. The summed E-state index contributed by atoms with van der Waals surface area (Å²) >= 11 is 1.42. The first-order chi connectivity index (χ1) is 16.7. The van der Waals surface area contributed by atoms with E-state index in [2.05, 4.69) is 51.9 Å². The molecule has 1 aliphatic heterocycles. The molecule has 1 fully saturated rings. The third-order valence-electron chi connectivity index (χ3n) is 6.76. The standard InChI is InChI=1S/C27H49N5OS/c1-3-4-5-6-7-8-9-10-11-12-13-14-15-16-17-20-25(33)29-27-31-30-26(34-27)28-22-21-24-19-18-23-32(24)2/h10-11,24H,3-9,12-23H2,1-2H3,(H,28,30)(H,29,31,33)/b11-10+. The van der Waals surface area contributed by atoms with E-state index in [1.807, 2.05) is 0 Å². The smallest absolute Gasteiger partial charge is 0.226 e. The predicted molar refractivity (Wildman–Crippen MR) is 147 cm³/mol. The highest BCUT2D eigenvalue weighted by atomic mass is 32.1. The lowest BCUT2D eigenvalue weighted by Gasteiger charge is -2.18. The second-order valence-corrected chi connectivity index (χ2v) is 10.8. The van der Waals surface area contributed by atoms with Gasteiger partial charge in [0.25, 0.3) is 0 Å². The van der Waals surface area contributed by atoms with Crippen molar-refractivity contribution in [1.82, 2.24) is 15.1 Å². The molecule has 1 atom stereocenters. The van der Waals surface area contributed by atoms with Crippen molar-refractivity contribution in [3.8, 4) is 0 Å². The van der Waals surface area contributed by atoms with Crippen molar-refractivity contribution in [2.45, 2.75) is 122 Å². The predicted octanol–water partition coefficient (Wildman–Crippen LogP) is 7.41. The Bertz CT molecular complexity index is 678. The molecule has 1 unspecified atom stereocenters. The average molecular weight is 492 g/mol. The molecule has 194 valence electrons. The number of carbonyl (C=O) groups excluding carboxylic acids is 1. The molecule has 0 spiro atoms. The first kappa shape index (κ1) is 28.8. The molecule has 6 nitrogen and oxygen atoms in total. The summed E-state index contributed by atoms with van der Waals surface area (Å²) in [5, 5.41) is 15.9. The van der Waals surface area contributed by atoms with Crippen LogP contribution in [0, 0.1) is 0 Å². The van der Waals surface area contributed by atoms with Crippen molar-refractivity contribution in [3.05, 3.63) is 12.2 Å². The van der Waals surface area contributed by atoms with Gasteiger partial charge in [0.15, 0.2) is 0 Å². The Morgan fingerprint density at radius 2 is 1.62 bits per heavy atom. The maximum Gasteiger partial charge on any atom is 0.226 e. The van der Waals surface area contributed by atoms with Crippen molar-refractivity contribution < 1.29 is 4.79 Å². The molecule has 0 saturated carbocycles. The Labute approximate surface area is 212 Å². The number of unbranched alkanes of at least 4 members (excludes halogenated alkanes) is 11. The summed E-state index contributed by atoms with van der Waals surface area (Å²) in [6.07, 6.45) is 25.5. The van der Waals surface area contributed by atoms with Crippen molar-refractivity contribution >= 4 is 27.5 Å². The number of amides is 1. The van der Waals surface area contributed by atoms with E-state index in [0.717, 1.165) is 30.9 Å². The fourth-order valence-electron chi connectivity index (χ4n) is 4.57. The van der Waals surface area contributed by atoms with Gasteiger partial charge in [-0.1, -0.05) is 81.8 Å². The van der Waals surface area contributed by atoms with E-state index in [0.29, 0.717) is 17.6 Å². The quantitative estimate of drug-likeness (QED) is 0.147. The summed E-state index contributed by atoms with van der Waals surface area (Å²) < 4.78 is 0. The molecule has 2 heterocycles. The first-order valence-electron chi connectivity index (χ1n) is 13.9. The van der Waals surface area contributed by atoms with Gasteiger partial charge in [0, 0.05) is 19.0 Å². The van der Waals surface area contributed by atoms with Crippen LogP contribution >= 0.6 is 11.3 Å². The lowest BCUT2D eigenvalue weighted by molar-refractivity contribution is -0.116. The summed E-state index contributed by atoms with van der Waals surface area (Å²) in [7, 11) is 2.20. The molecule has 0 aliphatic carbocycles. The molecule has 1 amide bonds. The van der Waals surface area contributed by atoms with Crippen LogP contribution in [-0.2, 0) is 4.79 Å². The van der Waals surface area contributed by atoms with Gasteiger partial charge in [0.1, 0.15) is 0 Å². The SMILES string of the molecule is CCCCCCCC/C=C/CCCCCCCC(=O)Nc1nnc(NCCC2CCCN2C)s1. The number of anilines is 2. The van der Waals surface area contributed by atoms with E-state index >= 15 is 0 Å². The monoisotopic (exact) mass is 491 g/mol. The number of nitrogens with one attached hydrogen (secondary N) is 2. The zero-order valence-corrected chi connectivity index (χ0v) is 22.6. The van der Waals surface area contributed by atoms with Gasteiger partial charge >= 0.3 is 0 Å². The highest BCUT2D eigenvalue weighted by Gasteiger charge is 2.20. The largest absolute Gasteiger partial charge is 0.360 e. The molecule has 1 aliphatic rings. The molecule has 0 aromatic carbocycles. The van der Waals surface area contributed by atoms with Gasteiger partial charge < -0.3 is 15.5 Å². The Balaban J connectivity index is 1.39. The summed E-state index contributed by atoms with van der Waals surface area (Å²) in [4.78, 5) is 14.6. The van der Waals surface area contributed by atoms with Crippen LogP contribution in [0.4, 0.5) is 10.3 Å². The summed E-state index contributed by atoms with van der Waals surface area (Å²) in [5.41, 5.74) is 0.